The molecule has 1 aromatic carbocycles. The van der Waals surface area contributed by atoms with Gasteiger partial charge in [-0.2, -0.15) is 18.2 Å². The fourth-order valence-electron chi connectivity index (χ4n) is 4.98. The highest BCUT2D eigenvalue weighted by molar-refractivity contribution is 7.89. The second-order valence-electron chi connectivity index (χ2n) is 10.0. The van der Waals surface area contributed by atoms with Gasteiger partial charge in [-0.1, -0.05) is 6.08 Å². The number of rotatable bonds is 5. The molecule has 0 spiro atoms. The van der Waals surface area contributed by atoms with Crippen molar-refractivity contribution < 1.29 is 26.3 Å². The normalized spacial score (nSPS) is 20.2. The zero-order chi connectivity index (χ0) is 28.5. The van der Waals surface area contributed by atoms with Gasteiger partial charge in [-0.3, -0.25) is 0 Å². The molecule has 0 radical (unpaired) electrons. The van der Waals surface area contributed by atoms with Gasteiger partial charge in [0.2, 0.25) is 16.0 Å². The number of nitrogens with one attached hydrogen (secondary N) is 1. The number of morpholine rings is 1. The molecule has 3 aliphatic rings. The number of alkyl halides is 3. The van der Waals surface area contributed by atoms with Crippen LogP contribution in [0, 0.1) is 5.92 Å². The van der Waals surface area contributed by atoms with E-state index in [4.69, 9.17) is 14.7 Å². The van der Waals surface area contributed by atoms with Gasteiger partial charge >= 0.3 is 6.18 Å². The maximum Gasteiger partial charge on any atom is 0.399 e. The molecule has 3 aliphatic heterocycles. The van der Waals surface area contributed by atoms with E-state index in [0.29, 0.717) is 69.7 Å². The van der Waals surface area contributed by atoms with E-state index in [-0.39, 0.29) is 17.2 Å². The van der Waals surface area contributed by atoms with Crippen LogP contribution in [0.5, 0.6) is 0 Å². The number of hydrogen-bond donors (Lipinski definition) is 1. The van der Waals surface area contributed by atoms with Crippen LogP contribution >= 0.6 is 0 Å². The SMILES string of the molecule is CN(C)S(=O)(=O)c1ccc(Nc2nc(N3CCOCC3)nc3c2CCN(C2=NC=CCC2C(F)(F)F)CC3)cc1. The van der Waals surface area contributed by atoms with E-state index in [2.05, 4.69) is 10.3 Å². The Kier molecular flexibility index (Phi) is 8.02. The van der Waals surface area contributed by atoms with Crippen molar-refractivity contribution in [1.82, 2.24) is 19.2 Å². The smallest absolute Gasteiger partial charge is 0.378 e. The molecule has 0 aliphatic carbocycles. The molecule has 1 fully saturated rings. The Hall–Kier alpha value is -3.23. The Labute approximate surface area is 231 Å². The molecular formula is C26H32F3N7O3S. The maximum absolute atomic E-state index is 13.8. The Morgan fingerprint density at radius 1 is 1.00 bits per heavy atom. The van der Waals surface area contributed by atoms with Crippen molar-refractivity contribution in [3.63, 3.8) is 0 Å². The number of nitrogens with zero attached hydrogens (tertiary/aromatic N) is 6. The van der Waals surface area contributed by atoms with Gasteiger partial charge in [-0.05, 0) is 37.1 Å². The van der Waals surface area contributed by atoms with Gasteiger partial charge in [-0.15, -0.1) is 0 Å². The van der Waals surface area contributed by atoms with Crippen LogP contribution in [0.1, 0.15) is 17.7 Å². The highest BCUT2D eigenvalue weighted by atomic mass is 32.2. The first kappa shape index (κ1) is 28.3. The van der Waals surface area contributed by atoms with Crippen LogP contribution in [-0.4, -0.2) is 93.1 Å². The summed E-state index contributed by atoms with van der Waals surface area (Å²) < 4.78 is 73.0. The van der Waals surface area contributed by atoms with E-state index in [1.54, 1.807) is 17.0 Å². The first-order chi connectivity index (χ1) is 19.0. The van der Waals surface area contributed by atoms with E-state index < -0.39 is 22.1 Å². The fraction of sp³-hybridized carbons (Fsp3) is 0.500. The minimum atomic E-state index is -4.38. The van der Waals surface area contributed by atoms with Crippen LogP contribution in [0.3, 0.4) is 0 Å². The van der Waals surface area contributed by atoms with E-state index in [0.717, 1.165) is 15.6 Å². The van der Waals surface area contributed by atoms with Gasteiger partial charge in [0, 0.05) is 64.1 Å². The summed E-state index contributed by atoms with van der Waals surface area (Å²) in [6.45, 7) is 3.02. The molecule has 1 atom stereocenters. The Morgan fingerprint density at radius 2 is 1.70 bits per heavy atom. The van der Waals surface area contributed by atoms with Crippen molar-refractivity contribution in [2.24, 2.45) is 10.9 Å². The lowest BCUT2D eigenvalue weighted by Gasteiger charge is -2.32. The number of ether oxygens (including phenoxy) is 1. The second-order valence-corrected chi connectivity index (χ2v) is 12.2. The number of fused-ring (bicyclic) bond motifs is 1. The van der Waals surface area contributed by atoms with Gasteiger partial charge in [0.15, 0.2) is 0 Å². The molecular weight excluding hydrogens is 547 g/mol. The third kappa shape index (κ3) is 5.93. The van der Waals surface area contributed by atoms with Crippen LogP contribution in [0.2, 0.25) is 0 Å². The van der Waals surface area contributed by atoms with E-state index >= 15 is 0 Å². The quantitative estimate of drug-likeness (QED) is 0.576. The third-order valence-corrected chi connectivity index (χ3v) is 9.06. The number of aliphatic imine (C=N–C) groups is 1. The monoisotopic (exact) mass is 579 g/mol. The minimum Gasteiger partial charge on any atom is -0.378 e. The average Bonchev–Trinajstić information content (AvgIpc) is 3.16. The summed E-state index contributed by atoms with van der Waals surface area (Å²) in [5.41, 5.74) is 2.22. The van der Waals surface area contributed by atoms with Crippen LogP contribution in [0.15, 0.2) is 46.4 Å². The fourth-order valence-corrected chi connectivity index (χ4v) is 5.89. The molecule has 40 heavy (non-hydrogen) atoms. The Balaban J connectivity index is 1.45. The highest BCUT2D eigenvalue weighted by Gasteiger charge is 2.45. The molecule has 1 unspecified atom stereocenters. The zero-order valence-corrected chi connectivity index (χ0v) is 23.2. The number of benzene rings is 1. The van der Waals surface area contributed by atoms with Gasteiger partial charge in [-0.25, -0.2) is 22.7 Å². The summed E-state index contributed by atoms with van der Waals surface area (Å²) in [7, 11) is -0.634. The van der Waals surface area contributed by atoms with Gasteiger partial charge in [0.25, 0.3) is 0 Å². The summed E-state index contributed by atoms with van der Waals surface area (Å²) >= 11 is 0. The number of aromatic nitrogens is 2. The summed E-state index contributed by atoms with van der Waals surface area (Å²) in [5.74, 6) is -0.523. The Bertz CT molecular complexity index is 1390. The average molecular weight is 580 g/mol. The van der Waals surface area contributed by atoms with Crippen molar-refractivity contribution in [2.75, 3.05) is 63.7 Å². The van der Waals surface area contributed by atoms with E-state index in [1.165, 1.54) is 38.5 Å². The number of anilines is 3. The molecule has 216 valence electrons. The van der Waals surface area contributed by atoms with Crippen molar-refractivity contribution in [3.8, 4) is 0 Å². The number of hydrogen-bond acceptors (Lipinski definition) is 9. The molecule has 14 heteroatoms. The molecule has 0 amide bonds. The molecule has 10 nitrogen and oxygen atoms in total. The first-order valence-electron chi connectivity index (χ1n) is 13.1. The molecule has 1 N–H and O–H groups in total. The van der Waals surface area contributed by atoms with Gasteiger partial charge in [0.1, 0.15) is 17.6 Å². The Morgan fingerprint density at radius 3 is 2.38 bits per heavy atom. The second kappa shape index (κ2) is 11.3. The summed E-state index contributed by atoms with van der Waals surface area (Å²) in [6, 6.07) is 6.38. The largest absolute Gasteiger partial charge is 0.399 e. The van der Waals surface area contributed by atoms with E-state index in [9.17, 15) is 21.6 Å². The molecule has 4 heterocycles. The number of sulfonamides is 1. The standard InChI is InChI=1S/C26H32F3N7O3S/c1-34(2)40(37,38)19-7-5-18(6-8-19)31-23-20-9-12-35(24-21(26(27,28)29)4-3-11-30-24)13-10-22(20)32-25(33-23)36-14-16-39-17-15-36/h3,5-8,11,21H,4,9-10,12-17H2,1-2H3,(H,31,32,33). The van der Waals surface area contributed by atoms with Crippen molar-refractivity contribution in [2.45, 2.75) is 30.3 Å². The predicted octanol–water partition coefficient (Wildman–Crippen LogP) is 3.20. The highest BCUT2D eigenvalue weighted by Crippen LogP contribution is 2.35. The molecule has 0 saturated carbocycles. The van der Waals surface area contributed by atoms with Crippen LogP contribution in [0.25, 0.3) is 0 Å². The third-order valence-electron chi connectivity index (χ3n) is 7.24. The first-order valence-corrected chi connectivity index (χ1v) is 14.5. The molecule has 1 saturated heterocycles. The molecule has 0 bridgehead atoms. The summed E-state index contributed by atoms with van der Waals surface area (Å²) in [6.07, 6.45) is -0.771. The lowest BCUT2D eigenvalue weighted by atomic mass is 10.0. The molecule has 5 rings (SSSR count). The minimum absolute atomic E-state index is 0.0383. The number of halogens is 3. The van der Waals surface area contributed by atoms with Gasteiger partial charge < -0.3 is 19.9 Å². The topological polar surface area (TPSA) is 103 Å². The van der Waals surface area contributed by atoms with Crippen LogP contribution < -0.4 is 10.2 Å². The van der Waals surface area contributed by atoms with Crippen LogP contribution in [0.4, 0.5) is 30.6 Å². The maximum atomic E-state index is 13.8. The lowest BCUT2D eigenvalue weighted by Crippen LogP contribution is -2.44. The van der Waals surface area contributed by atoms with Gasteiger partial charge in [0.05, 0.1) is 23.8 Å². The number of allylic oxidation sites excluding steroid dienone is 1. The molecule has 1 aromatic heterocycles. The van der Waals surface area contributed by atoms with Crippen molar-refractivity contribution >= 4 is 33.3 Å². The lowest BCUT2D eigenvalue weighted by molar-refractivity contribution is -0.156. The zero-order valence-electron chi connectivity index (χ0n) is 22.4. The van der Waals surface area contributed by atoms with E-state index in [1.807, 2.05) is 4.90 Å². The molecule has 2 aromatic rings. The number of amidine groups is 1. The summed E-state index contributed by atoms with van der Waals surface area (Å²) in [5, 5.41) is 3.32. The predicted molar refractivity (Wildman–Crippen MR) is 145 cm³/mol. The summed E-state index contributed by atoms with van der Waals surface area (Å²) in [4.78, 5) is 17.7. The van der Waals surface area contributed by atoms with Crippen molar-refractivity contribution in [1.29, 1.82) is 0 Å². The van der Waals surface area contributed by atoms with Crippen molar-refractivity contribution in [3.05, 3.63) is 47.8 Å². The van der Waals surface area contributed by atoms with Crippen LogP contribution in [-0.2, 0) is 27.6 Å².